The lowest BCUT2D eigenvalue weighted by Crippen LogP contribution is -2.47. The second-order valence-corrected chi connectivity index (χ2v) is 6.08. The lowest BCUT2D eigenvalue weighted by atomic mass is 10.0. The summed E-state index contributed by atoms with van der Waals surface area (Å²) in [4.78, 5) is 12.2. The third-order valence-corrected chi connectivity index (χ3v) is 5.60. The van der Waals surface area contributed by atoms with Gasteiger partial charge in [-0.2, -0.15) is 0 Å². The van der Waals surface area contributed by atoms with Crippen LogP contribution >= 0.6 is 38.5 Å². The number of carbonyl (C=O) groups excluding carboxylic acids is 1. The molecule has 0 bridgehead atoms. The van der Waals surface area contributed by atoms with Crippen molar-refractivity contribution in [1.82, 2.24) is 5.32 Å². The zero-order valence-corrected chi connectivity index (χ0v) is 14.1. The molecule has 0 radical (unpaired) electrons. The number of nitrogens with one attached hydrogen (secondary N) is 1. The van der Waals surface area contributed by atoms with E-state index >= 15 is 0 Å². The molecule has 4 heteroatoms. The van der Waals surface area contributed by atoms with Gasteiger partial charge in [-0.1, -0.05) is 35.0 Å². The fraction of sp³-hybridized carbons (Fsp3) is 0.462. The van der Waals surface area contributed by atoms with Crippen LogP contribution in [0, 0.1) is 10.5 Å². The predicted molar refractivity (Wildman–Crippen MR) is 83.9 cm³/mol. The first kappa shape index (κ1) is 15.0. The Kier molecular flexibility index (Phi) is 5.44. The molecule has 0 aliphatic carbocycles. The van der Waals surface area contributed by atoms with Crippen molar-refractivity contribution < 1.29 is 4.79 Å². The van der Waals surface area contributed by atoms with Crippen LogP contribution in [0.25, 0.3) is 0 Å². The summed E-state index contributed by atoms with van der Waals surface area (Å²) < 4.78 is 1.02. The van der Waals surface area contributed by atoms with Crippen LogP contribution in [0.1, 0.15) is 36.2 Å². The predicted octanol–water partition coefficient (Wildman–Crippen LogP) is 3.89. The van der Waals surface area contributed by atoms with Crippen LogP contribution in [-0.2, 0) is 0 Å². The van der Waals surface area contributed by atoms with E-state index in [2.05, 4.69) is 50.8 Å². The van der Waals surface area contributed by atoms with Crippen molar-refractivity contribution in [1.29, 1.82) is 0 Å². The Balaban J connectivity index is 2.94. The van der Waals surface area contributed by atoms with Crippen LogP contribution in [0.2, 0.25) is 0 Å². The number of halogens is 2. The maximum absolute atomic E-state index is 12.2. The molecule has 0 saturated heterocycles. The summed E-state index contributed by atoms with van der Waals surface area (Å²) in [6, 6.07) is 5.81. The van der Waals surface area contributed by atoms with E-state index in [1.807, 2.05) is 32.0 Å². The highest BCUT2D eigenvalue weighted by molar-refractivity contribution is 14.1. The zero-order chi connectivity index (χ0) is 13.1. The van der Waals surface area contributed by atoms with Gasteiger partial charge in [0.15, 0.2) is 0 Å². The molecular weight excluding hydrogens is 393 g/mol. The molecule has 0 aliphatic rings. The molecule has 1 amide bonds. The van der Waals surface area contributed by atoms with Gasteiger partial charge in [0.25, 0.3) is 5.91 Å². The molecule has 1 unspecified atom stereocenters. The number of rotatable bonds is 4. The Hall–Kier alpha value is -0.100. The number of carbonyl (C=O) groups is 1. The smallest absolute Gasteiger partial charge is 0.252 e. The molecule has 1 rings (SSSR count). The second-order valence-electron chi connectivity index (χ2n) is 4.44. The fourth-order valence-corrected chi connectivity index (χ4v) is 2.52. The molecule has 2 nitrogen and oxygen atoms in total. The molecule has 94 valence electrons. The molecule has 0 fully saturated rings. The van der Waals surface area contributed by atoms with Gasteiger partial charge < -0.3 is 5.32 Å². The monoisotopic (exact) mass is 409 g/mol. The highest BCUT2D eigenvalue weighted by atomic mass is 127. The molecule has 1 aromatic carbocycles. The largest absolute Gasteiger partial charge is 0.346 e. The van der Waals surface area contributed by atoms with E-state index in [4.69, 9.17) is 0 Å². The van der Waals surface area contributed by atoms with E-state index in [1.165, 1.54) is 0 Å². The Morgan fingerprint density at radius 2 is 2.18 bits per heavy atom. The third kappa shape index (κ3) is 3.68. The molecule has 1 atom stereocenters. The maximum atomic E-state index is 12.2. The fourth-order valence-electron chi connectivity index (χ4n) is 1.38. The van der Waals surface area contributed by atoms with Gasteiger partial charge in [0.1, 0.15) is 0 Å². The highest BCUT2D eigenvalue weighted by Crippen LogP contribution is 2.19. The number of hydrogen-bond acceptors (Lipinski definition) is 1. The maximum Gasteiger partial charge on any atom is 0.252 e. The zero-order valence-electron chi connectivity index (χ0n) is 10.3. The second kappa shape index (κ2) is 6.18. The van der Waals surface area contributed by atoms with Crippen molar-refractivity contribution >= 4 is 44.4 Å². The Labute approximate surface area is 125 Å². The first-order valence-electron chi connectivity index (χ1n) is 5.57. The summed E-state index contributed by atoms with van der Waals surface area (Å²) in [7, 11) is 0. The van der Waals surface area contributed by atoms with Gasteiger partial charge in [-0.05, 0) is 54.5 Å². The minimum atomic E-state index is -0.191. The number of alkyl halides is 1. The Morgan fingerprint density at radius 1 is 1.53 bits per heavy atom. The summed E-state index contributed by atoms with van der Waals surface area (Å²) >= 11 is 5.67. The molecule has 17 heavy (non-hydrogen) atoms. The summed E-state index contributed by atoms with van der Waals surface area (Å²) in [5, 5.41) is 3.84. The standard InChI is InChI=1S/C13H17BrINO/c1-4-13(3,8-14)16-12(17)10-7-5-6-9(2)11(10)15/h5-7H,4,8H2,1-3H3,(H,16,17). The van der Waals surface area contributed by atoms with Crippen molar-refractivity contribution in [2.75, 3.05) is 5.33 Å². The number of hydrogen-bond donors (Lipinski definition) is 1. The van der Waals surface area contributed by atoms with Crippen LogP contribution in [0.3, 0.4) is 0 Å². The lowest BCUT2D eigenvalue weighted by molar-refractivity contribution is 0.0912. The first-order chi connectivity index (χ1) is 7.93. The van der Waals surface area contributed by atoms with E-state index in [0.717, 1.165) is 26.4 Å². The average molecular weight is 410 g/mol. The van der Waals surface area contributed by atoms with Crippen LogP contribution in [0.15, 0.2) is 18.2 Å². The summed E-state index contributed by atoms with van der Waals surface area (Å²) in [6.45, 7) is 6.13. The number of benzene rings is 1. The lowest BCUT2D eigenvalue weighted by Gasteiger charge is -2.27. The molecule has 0 aromatic heterocycles. The van der Waals surface area contributed by atoms with E-state index < -0.39 is 0 Å². The Bertz CT molecular complexity index is 416. The Morgan fingerprint density at radius 3 is 2.71 bits per heavy atom. The van der Waals surface area contributed by atoms with Crippen LogP contribution in [-0.4, -0.2) is 16.8 Å². The van der Waals surface area contributed by atoms with Gasteiger partial charge in [0.2, 0.25) is 0 Å². The van der Waals surface area contributed by atoms with Crippen molar-refractivity contribution in [2.24, 2.45) is 0 Å². The normalized spacial score (nSPS) is 14.2. The molecule has 0 spiro atoms. The first-order valence-corrected chi connectivity index (χ1v) is 7.77. The molecule has 1 N–H and O–H groups in total. The van der Waals surface area contributed by atoms with Crippen molar-refractivity contribution in [2.45, 2.75) is 32.7 Å². The molecule has 0 aliphatic heterocycles. The quantitative estimate of drug-likeness (QED) is 0.593. The van der Waals surface area contributed by atoms with Gasteiger partial charge in [0.05, 0.1) is 5.56 Å². The van der Waals surface area contributed by atoms with Gasteiger partial charge in [-0.25, -0.2) is 0 Å². The highest BCUT2D eigenvalue weighted by Gasteiger charge is 2.24. The summed E-state index contributed by atoms with van der Waals surface area (Å²) in [5.41, 5.74) is 1.70. The van der Waals surface area contributed by atoms with Gasteiger partial charge >= 0.3 is 0 Å². The van der Waals surface area contributed by atoms with Crippen molar-refractivity contribution in [3.05, 3.63) is 32.9 Å². The average Bonchev–Trinajstić information content (AvgIpc) is 2.32. The number of amides is 1. The van der Waals surface area contributed by atoms with Crippen LogP contribution < -0.4 is 5.32 Å². The van der Waals surface area contributed by atoms with Gasteiger partial charge in [-0.15, -0.1) is 0 Å². The van der Waals surface area contributed by atoms with E-state index in [9.17, 15) is 4.79 Å². The minimum absolute atomic E-state index is 0.00176. The van der Waals surface area contributed by atoms with E-state index in [1.54, 1.807) is 0 Å². The van der Waals surface area contributed by atoms with Crippen molar-refractivity contribution in [3.8, 4) is 0 Å². The molecule has 1 aromatic rings. The van der Waals surface area contributed by atoms with Gasteiger partial charge in [0, 0.05) is 14.4 Å². The topological polar surface area (TPSA) is 29.1 Å². The SMILES string of the molecule is CCC(C)(CBr)NC(=O)c1cccc(C)c1I. The summed E-state index contributed by atoms with van der Waals surface area (Å²) in [5.74, 6) is 0.00176. The minimum Gasteiger partial charge on any atom is -0.346 e. The molecule has 0 heterocycles. The van der Waals surface area contributed by atoms with Crippen LogP contribution in [0.5, 0.6) is 0 Å². The third-order valence-electron chi connectivity index (χ3n) is 2.93. The van der Waals surface area contributed by atoms with Gasteiger partial charge in [-0.3, -0.25) is 4.79 Å². The van der Waals surface area contributed by atoms with Crippen molar-refractivity contribution in [3.63, 3.8) is 0 Å². The summed E-state index contributed by atoms with van der Waals surface area (Å²) in [6.07, 6.45) is 0.895. The molecule has 0 saturated carbocycles. The number of aryl methyl sites for hydroxylation is 1. The molecular formula is C13H17BrINO. The van der Waals surface area contributed by atoms with Crippen LogP contribution in [0.4, 0.5) is 0 Å². The van der Waals surface area contributed by atoms with E-state index in [0.29, 0.717) is 0 Å². The van der Waals surface area contributed by atoms with E-state index in [-0.39, 0.29) is 11.4 Å².